The highest BCUT2D eigenvalue weighted by Gasteiger charge is 2.21. The first-order valence-electron chi connectivity index (χ1n) is 9.59. The van der Waals surface area contributed by atoms with Crippen molar-refractivity contribution in [2.75, 3.05) is 5.73 Å². The topological polar surface area (TPSA) is 106 Å². The molecule has 164 valence electrons. The van der Waals surface area contributed by atoms with Gasteiger partial charge in [0.25, 0.3) is 0 Å². The van der Waals surface area contributed by atoms with E-state index in [1.165, 1.54) is 18.7 Å². The first kappa shape index (κ1) is 20.5. The number of fused-ring (bicyclic) bond motifs is 1. The molecule has 0 amide bonds. The molecule has 0 aliphatic rings. The number of benzene rings is 1. The number of aromatic amines is 1. The quantitative estimate of drug-likeness (QED) is 0.241. The fraction of sp³-hybridized carbons (Fsp3) is 0.0455. The Labute approximate surface area is 183 Å². The summed E-state index contributed by atoms with van der Waals surface area (Å²) in [6, 6.07) is 2.69. The van der Waals surface area contributed by atoms with Crippen molar-refractivity contribution in [2.45, 2.75) is 6.42 Å². The third kappa shape index (κ3) is 3.63. The molecule has 0 radical (unpaired) electrons. The number of nitrogens with one attached hydrogen (secondary N) is 1. The Morgan fingerprint density at radius 1 is 0.879 bits per heavy atom. The monoisotopic (exact) mass is 451 g/mol. The number of halogens is 4. The normalized spacial score (nSPS) is 11.3. The van der Waals surface area contributed by atoms with Gasteiger partial charge in [-0.1, -0.05) is 0 Å². The van der Waals surface area contributed by atoms with Crippen molar-refractivity contribution >= 4 is 16.6 Å². The summed E-state index contributed by atoms with van der Waals surface area (Å²) in [5, 5.41) is 0.696. The molecule has 0 aliphatic heterocycles. The molecule has 11 heteroatoms. The van der Waals surface area contributed by atoms with E-state index in [1.54, 1.807) is 12.4 Å². The van der Waals surface area contributed by atoms with Crippen molar-refractivity contribution in [3.05, 3.63) is 84.0 Å². The second-order valence-corrected chi connectivity index (χ2v) is 7.15. The van der Waals surface area contributed by atoms with Crippen LogP contribution in [0.5, 0.6) is 0 Å². The van der Waals surface area contributed by atoms with Crippen LogP contribution in [0.4, 0.5) is 23.4 Å². The number of hydrogen-bond acceptors (Lipinski definition) is 6. The number of nitrogen functional groups attached to an aromatic ring is 1. The zero-order valence-corrected chi connectivity index (χ0v) is 16.7. The number of hydrogen-bond donors (Lipinski definition) is 2. The third-order valence-electron chi connectivity index (χ3n) is 5.15. The molecule has 0 fully saturated rings. The smallest absolute Gasteiger partial charge is 0.213 e. The first-order valence-corrected chi connectivity index (χ1v) is 9.59. The highest BCUT2D eigenvalue weighted by molar-refractivity contribution is 5.96. The Bertz CT molecular complexity index is 1500. The van der Waals surface area contributed by atoms with Gasteiger partial charge in [0.1, 0.15) is 18.0 Å². The molecule has 33 heavy (non-hydrogen) atoms. The molecule has 0 saturated heterocycles. The zero-order chi connectivity index (χ0) is 23.1. The maximum atomic E-state index is 14.2. The largest absolute Gasteiger partial charge is 0.383 e. The molecule has 1 aromatic carbocycles. The first-order chi connectivity index (χ1) is 15.9. The highest BCUT2D eigenvalue weighted by Crippen LogP contribution is 2.33. The number of anilines is 1. The minimum Gasteiger partial charge on any atom is -0.383 e. The Morgan fingerprint density at radius 3 is 2.39 bits per heavy atom. The van der Waals surface area contributed by atoms with Crippen LogP contribution in [0.25, 0.3) is 33.4 Å². The van der Waals surface area contributed by atoms with Crippen LogP contribution in [0.1, 0.15) is 11.3 Å². The maximum absolute atomic E-state index is 14.2. The molecule has 0 atom stereocenters. The summed E-state index contributed by atoms with van der Waals surface area (Å²) in [6.45, 7) is 0. The highest BCUT2D eigenvalue weighted by atomic mass is 19.2. The van der Waals surface area contributed by atoms with Crippen LogP contribution in [0.3, 0.4) is 0 Å². The average Bonchev–Trinajstić information content (AvgIpc) is 3.17. The van der Waals surface area contributed by atoms with Gasteiger partial charge < -0.3 is 10.7 Å². The standard InChI is InChI=1S/C22H13F4N7/c23-15-1-2-16(24)19(26)12(15)3-17-14-8-30-18(25)4-11(14)20(32-17)22-31-7-13(21(27)33-22)10-5-28-9-29-6-10/h1-2,4-9,32H,3H2,(H2,27,31,33). The molecule has 7 nitrogen and oxygen atoms in total. The second kappa shape index (κ2) is 7.93. The summed E-state index contributed by atoms with van der Waals surface area (Å²) in [6.07, 6.45) is 6.81. The zero-order valence-electron chi connectivity index (χ0n) is 16.7. The molecular formula is C22H13F4N7. The van der Waals surface area contributed by atoms with Gasteiger partial charge in [0.05, 0.1) is 5.69 Å². The number of pyridine rings is 1. The van der Waals surface area contributed by atoms with Gasteiger partial charge in [-0.25, -0.2) is 38.1 Å². The number of H-pyrrole nitrogens is 1. The molecule has 0 unspecified atom stereocenters. The van der Waals surface area contributed by atoms with E-state index in [2.05, 4.69) is 29.9 Å². The van der Waals surface area contributed by atoms with E-state index in [4.69, 9.17) is 5.73 Å². The van der Waals surface area contributed by atoms with Crippen molar-refractivity contribution in [1.29, 1.82) is 0 Å². The van der Waals surface area contributed by atoms with Crippen LogP contribution >= 0.6 is 0 Å². The Hall–Kier alpha value is -4.41. The fourth-order valence-electron chi connectivity index (χ4n) is 3.56. The maximum Gasteiger partial charge on any atom is 0.213 e. The van der Waals surface area contributed by atoms with E-state index in [1.807, 2.05) is 0 Å². The van der Waals surface area contributed by atoms with Gasteiger partial charge >= 0.3 is 0 Å². The fourth-order valence-corrected chi connectivity index (χ4v) is 3.56. The van der Waals surface area contributed by atoms with E-state index in [0.29, 0.717) is 28.0 Å². The molecule has 4 heterocycles. The summed E-state index contributed by atoms with van der Waals surface area (Å²) in [5.74, 6) is -3.93. The molecule has 0 bridgehead atoms. The number of nitrogens with two attached hydrogens (primary N) is 1. The van der Waals surface area contributed by atoms with Gasteiger partial charge in [-0.05, 0) is 12.1 Å². The summed E-state index contributed by atoms with van der Waals surface area (Å²) >= 11 is 0. The Morgan fingerprint density at radius 2 is 1.64 bits per heavy atom. The predicted molar refractivity (Wildman–Crippen MR) is 112 cm³/mol. The van der Waals surface area contributed by atoms with Crippen LogP contribution in [-0.2, 0) is 6.42 Å². The van der Waals surface area contributed by atoms with Gasteiger partial charge in [0, 0.05) is 70.4 Å². The van der Waals surface area contributed by atoms with E-state index in [-0.39, 0.29) is 29.5 Å². The molecule has 4 aromatic heterocycles. The lowest BCUT2D eigenvalue weighted by Gasteiger charge is -2.06. The minimum atomic E-state index is -1.30. The van der Waals surface area contributed by atoms with Gasteiger partial charge in [-0.15, -0.1) is 0 Å². The Kier molecular flexibility index (Phi) is 4.93. The van der Waals surface area contributed by atoms with E-state index >= 15 is 0 Å². The summed E-state index contributed by atoms with van der Waals surface area (Å²) in [4.78, 5) is 23.1. The summed E-state index contributed by atoms with van der Waals surface area (Å²) < 4.78 is 56.1. The number of rotatable bonds is 4. The van der Waals surface area contributed by atoms with Crippen LogP contribution < -0.4 is 5.73 Å². The van der Waals surface area contributed by atoms with Gasteiger partial charge in [-0.3, -0.25) is 0 Å². The molecule has 5 aromatic rings. The van der Waals surface area contributed by atoms with Crippen molar-refractivity contribution in [2.24, 2.45) is 0 Å². The lowest BCUT2D eigenvalue weighted by atomic mass is 10.1. The number of nitrogens with zero attached hydrogens (tertiary/aromatic N) is 5. The second-order valence-electron chi connectivity index (χ2n) is 7.15. The van der Waals surface area contributed by atoms with Crippen molar-refractivity contribution in [3.8, 4) is 22.6 Å². The van der Waals surface area contributed by atoms with Crippen LogP contribution in [0, 0.1) is 23.4 Å². The summed E-state index contributed by atoms with van der Waals surface area (Å²) in [5.41, 5.74) is 7.26. The van der Waals surface area contributed by atoms with Crippen LogP contribution in [0.2, 0.25) is 0 Å². The van der Waals surface area contributed by atoms with Gasteiger partial charge in [0.2, 0.25) is 5.95 Å². The predicted octanol–water partition coefficient (Wildman–Crippen LogP) is 4.21. The molecule has 3 N–H and O–H groups in total. The van der Waals surface area contributed by atoms with Gasteiger partial charge in [-0.2, -0.15) is 4.39 Å². The number of aromatic nitrogens is 6. The van der Waals surface area contributed by atoms with E-state index in [0.717, 1.165) is 12.1 Å². The van der Waals surface area contributed by atoms with E-state index < -0.39 is 29.0 Å². The average molecular weight is 451 g/mol. The lowest BCUT2D eigenvalue weighted by molar-refractivity contribution is 0.482. The minimum absolute atomic E-state index is 0.120. The molecular weight excluding hydrogens is 438 g/mol. The van der Waals surface area contributed by atoms with Crippen molar-refractivity contribution in [1.82, 2.24) is 29.9 Å². The summed E-state index contributed by atoms with van der Waals surface area (Å²) in [7, 11) is 0. The molecule has 0 spiro atoms. The van der Waals surface area contributed by atoms with Crippen molar-refractivity contribution in [3.63, 3.8) is 0 Å². The lowest BCUT2D eigenvalue weighted by Crippen LogP contribution is -2.01. The van der Waals surface area contributed by atoms with Crippen LogP contribution in [-0.4, -0.2) is 29.9 Å². The third-order valence-corrected chi connectivity index (χ3v) is 5.15. The SMILES string of the molecule is Nc1nc(-c2[nH]c(Cc3c(F)ccc(F)c3F)c3cnc(F)cc23)ncc1-c1cncnc1. The Balaban J connectivity index is 1.64. The van der Waals surface area contributed by atoms with Crippen molar-refractivity contribution < 1.29 is 17.6 Å². The molecule has 0 aliphatic carbocycles. The van der Waals surface area contributed by atoms with Crippen LogP contribution in [0.15, 0.2) is 49.3 Å². The van der Waals surface area contributed by atoms with E-state index in [9.17, 15) is 17.6 Å². The molecule has 0 saturated carbocycles. The molecule has 5 rings (SSSR count). The van der Waals surface area contributed by atoms with Gasteiger partial charge in [0.15, 0.2) is 17.5 Å².